The van der Waals surface area contributed by atoms with Gasteiger partial charge in [0.05, 0.1) is 0 Å². The van der Waals surface area contributed by atoms with Crippen molar-refractivity contribution < 1.29 is 14.3 Å². The van der Waals surface area contributed by atoms with Crippen LogP contribution in [0.4, 0.5) is 0 Å². The van der Waals surface area contributed by atoms with Gasteiger partial charge >= 0.3 is 5.97 Å². The van der Waals surface area contributed by atoms with Crippen molar-refractivity contribution in [3.8, 4) is 0 Å². The van der Waals surface area contributed by atoms with Gasteiger partial charge in [-0.25, -0.2) is 4.79 Å². The summed E-state index contributed by atoms with van der Waals surface area (Å²) in [5.74, 6) is -1.28. The number of rotatable bonds is 3. The summed E-state index contributed by atoms with van der Waals surface area (Å²) in [7, 11) is 0. The van der Waals surface area contributed by atoms with Crippen LogP contribution in [0.5, 0.6) is 0 Å². The molecule has 0 saturated carbocycles. The summed E-state index contributed by atoms with van der Waals surface area (Å²) in [6.45, 7) is 7.16. The third-order valence-corrected chi connectivity index (χ3v) is 3.36. The number of hydrogen-bond donors (Lipinski definition) is 0. The molecule has 1 heterocycles. The van der Waals surface area contributed by atoms with E-state index in [-0.39, 0.29) is 5.97 Å². The van der Waals surface area contributed by atoms with Crippen LogP contribution in [0.1, 0.15) is 25.8 Å². The molecule has 4 heteroatoms. The van der Waals surface area contributed by atoms with Gasteiger partial charge in [-0.15, -0.1) is 6.58 Å². The van der Waals surface area contributed by atoms with Crippen molar-refractivity contribution in [1.82, 2.24) is 0 Å². The highest BCUT2D eigenvalue weighted by Crippen LogP contribution is 2.42. The maximum Gasteiger partial charge on any atom is 0.346 e. The molecular formula is C14H15BrO3. The maximum absolute atomic E-state index is 12.2. The molecular weight excluding hydrogens is 296 g/mol. The molecule has 0 N–H and O–H groups in total. The topological polar surface area (TPSA) is 35.5 Å². The largest absolute Gasteiger partial charge is 0.431 e. The molecule has 18 heavy (non-hydrogen) atoms. The van der Waals surface area contributed by atoms with E-state index in [0.717, 1.165) is 10.0 Å². The van der Waals surface area contributed by atoms with Crippen molar-refractivity contribution in [1.29, 1.82) is 0 Å². The van der Waals surface area contributed by atoms with E-state index in [1.165, 1.54) is 0 Å². The molecule has 96 valence electrons. The summed E-state index contributed by atoms with van der Waals surface area (Å²) in [5, 5.41) is 0. The SMILES string of the molecule is C=CCC1(c2ccc(Br)cc2)OC(C)(C)OC1=O. The van der Waals surface area contributed by atoms with E-state index in [9.17, 15) is 4.79 Å². The van der Waals surface area contributed by atoms with Crippen LogP contribution in [0, 0.1) is 0 Å². The van der Waals surface area contributed by atoms with Gasteiger partial charge in [0.2, 0.25) is 5.79 Å². The fourth-order valence-electron chi connectivity index (χ4n) is 2.13. The summed E-state index contributed by atoms with van der Waals surface area (Å²) in [6, 6.07) is 7.47. The molecule has 1 aliphatic rings. The molecule has 0 aromatic heterocycles. The van der Waals surface area contributed by atoms with Crippen LogP contribution < -0.4 is 0 Å². The normalized spacial score (nSPS) is 25.8. The number of benzene rings is 1. The smallest absolute Gasteiger partial charge is 0.346 e. The molecule has 3 nitrogen and oxygen atoms in total. The zero-order valence-corrected chi connectivity index (χ0v) is 12.0. The molecule has 1 unspecified atom stereocenters. The first kappa shape index (κ1) is 13.3. The zero-order valence-electron chi connectivity index (χ0n) is 10.4. The standard InChI is InChI=1S/C14H15BrO3/c1-4-9-14(10-5-7-11(15)8-6-10)12(16)17-13(2,3)18-14/h4-8H,1,9H2,2-3H3. The van der Waals surface area contributed by atoms with Gasteiger partial charge < -0.3 is 9.47 Å². The monoisotopic (exact) mass is 310 g/mol. The van der Waals surface area contributed by atoms with Crippen LogP contribution in [-0.2, 0) is 19.9 Å². The van der Waals surface area contributed by atoms with Crippen LogP contribution in [0.3, 0.4) is 0 Å². The number of ether oxygens (including phenoxy) is 2. The minimum atomic E-state index is -1.08. The van der Waals surface area contributed by atoms with Crippen molar-refractivity contribution in [3.05, 3.63) is 47.0 Å². The molecule has 1 fully saturated rings. The van der Waals surface area contributed by atoms with Crippen LogP contribution in [-0.4, -0.2) is 11.8 Å². The lowest BCUT2D eigenvalue weighted by Crippen LogP contribution is -2.34. The number of cyclic esters (lactones) is 1. The Morgan fingerprint density at radius 3 is 2.39 bits per heavy atom. The Bertz CT molecular complexity index is 478. The molecule has 0 spiro atoms. The maximum atomic E-state index is 12.2. The Morgan fingerprint density at radius 2 is 1.94 bits per heavy atom. The number of esters is 1. The molecule has 1 saturated heterocycles. The molecule has 1 aromatic rings. The van der Waals surface area contributed by atoms with Crippen molar-refractivity contribution in [2.45, 2.75) is 31.7 Å². The van der Waals surface area contributed by atoms with E-state index in [4.69, 9.17) is 9.47 Å². The second-order valence-electron chi connectivity index (χ2n) is 4.72. The molecule has 0 radical (unpaired) electrons. The third kappa shape index (κ3) is 2.22. The second kappa shape index (κ2) is 4.52. The average molecular weight is 311 g/mol. The lowest BCUT2D eigenvalue weighted by Gasteiger charge is -2.25. The number of carbonyl (C=O) groups excluding carboxylic acids is 1. The molecule has 1 aliphatic heterocycles. The minimum Gasteiger partial charge on any atom is -0.431 e. The minimum absolute atomic E-state index is 0.366. The summed E-state index contributed by atoms with van der Waals surface area (Å²) in [6.07, 6.45) is 2.06. The predicted molar refractivity (Wildman–Crippen MR) is 71.9 cm³/mol. The first-order valence-corrected chi connectivity index (χ1v) is 6.49. The van der Waals surface area contributed by atoms with E-state index in [0.29, 0.717) is 6.42 Å². The second-order valence-corrected chi connectivity index (χ2v) is 5.63. The van der Waals surface area contributed by atoms with Gasteiger partial charge in [0, 0.05) is 24.7 Å². The van der Waals surface area contributed by atoms with Gasteiger partial charge in [0.1, 0.15) is 0 Å². The lowest BCUT2D eigenvalue weighted by molar-refractivity contribution is -0.167. The van der Waals surface area contributed by atoms with Gasteiger partial charge in [-0.3, -0.25) is 0 Å². The van der Waals surface area contributed by atoms with E-state index >= 15 is 0 Å². The van der Waals surface area contributed by atoms with Crippen LogP contribution in [0.25, 0.3) is 0 Å². The van der Waals surface area contributed by atoms with Gasteiger partial charge in [0.25, 0.3) is 0 Å². The molecule has 1 atom stereocenters. The number of carbonyl (C=O) groups is 1. The summed E-state index contributed by atoms with van der Waals surface area (Å²) in [4.78, 5) is 12.2. The average Bonchev–Trinajstić information content (AvgIpc) is 2.50. The van der Waals surface area contributed by atoms with E-state index in [2.05, 4.69) is 22.5 Å². The highest BCUT2D eigenvalue weighted by molar-refractivity contribution is 9.10. The lowest BCUT2D eigenvalue weighted by atomic mass is 9.90. The Balaban J connectivity index is 2.48. The van der Waals surface area contributed by atoms with Crippen LogP contribution in [0.2, 0.25) is 0 Å². The number of halogens is 1. The Morgan fingerprint density at radius 1 is 1.33 bits per heavy atom. The van der Waals surface area contributed by atoms with Gasteiger partial charge in [0.15, 0.2) is 5.60 Å². The fraction of sp³-hybridized carbons (Fsp3) is 0.357. The molecule has 0 amide bonds. The van der Waals surface area contributed by atoms with Crippen LogP contribution in [0.15, 0.2) is 41.4 Å². The fourth-order valence-corrected chi connectivity index (χ4v) is 2.39. The van der Waals surface area contributed by atoms with Crippen molar-refractivity contribution >= 4 is 21.9 Å². The van der Waals surface area contributed by atoms with Crippen molar-refractivity contribution in [2.75, 3.05) is 0 Å². The summed E-state index contributed by atoms with van der Waals surface area (Å²) < 4.78 is 12.1. The third-order valence-electron chi connectivity index (χ3n) is 2.83. The first-order chi connectivity index (χ1) is 8.39. The Labute approximate surface area is 115 Å². The van der Waals surface area contributed by atoms with Gasteiger partial charge in [-0.2, -0.15) is 0 Å². The zero-order chi connectivity index (χ0) is 13.4. The van der Waals surface area contributed by atoms with E-state index in [1.54, 1.807) is 19.9 Å². The highest BCUT2D eigenvalue weighted by Gasteiger charge is 2.54. The van der Waals surface area contributed by atoms with Gasteiger partial charge in [-0.1, -0.05) is 34.1 Å². The molecule has 0 aliphatic carbocycles. The Kier molecular flexibility index (Phi) is 3.34. The van der Waals surface area contributed by atoms with E-state index < -0.39 is 11.4 Å². The summed E-state index contributed by atoms with van der Waals surface area (Å²) in [5.41, 5.74) is -0.299. The molecule has 2 rings (SSSR count). The van der Waals surface area contributed by atoms with Crippen LogP contribution >= 0.6 is 15.9 Å². The first-order valence-electron chi connectivity index (χ1n) is 5.70. The van der Waals surface area contributed by atoms with Gasteiger partial charge in [-0.05, 0) is 17.7 Å². The quantitative estimate of drug-likeness (QED) is 0.633. The Hall–Kier alpha value is -1.13. The molecule has 0 bridgehead atoms. The number of hydrogen-bond acceptors (Lipinski definition) is 3. The van der Waals surface area contributed by atoms with E-state index in [1.807, 2.05) is 24.3 Å². The van der Waals surface area contributed by atoms with Crippen molar-refractivity contribution in [3.63, 3.8) is 0 Å². The highest BCUT2D eigenvalue weighted by atomic mass is 79.9. The summed E-state index contributed by atoms with van der Waals surface area (Å²) >= 11 is 3.37. The predicted octanol–water partition coefficient (Wildman–Crippen LogP) is 3.53. The molecule has 1 aromatic carbocycles. The van der Waals surface area contributed by atoms with Crippen molar-refractivity contribution in [2.24, 2.45) is 0 Å².